The number of ether oxygens (including phenoxy) is 3. The summed E-state index contributed by atoms with van der Waals surface area (Å²) in [6.45, 7) is 2.39. The third-order valence-corrected chi connectivity index (χ3v) is 5.21. The summed E-state index contributed by atoms with van der Waals surface area (Å²) >= 11 is 11.9. The summed E-state index contributed by atoms with van der Waals surface area (Å²) in [4.78, 5) is 36.0. The molecule has 0 aliphatic carbocycles. The number of halogens is 3. The minimum atomic E-state index is -1.11. The SMILES string of the molecule is C#CC1OC(n2cnc3c(Nc4ccc(Cl)cc4F)nc(Cl)nc32)C(OC(C)=O)C1OC(C)=O. The van der Waals surface area contributed by atoms with Crippen molar-refractivity contribution in [2.75, 3.05) is 5.32 Å². The van der Waals surface area contributed by atoms with Crippen LogP contribution < -0.4 is 5.32 Å². The number of esters is 2. The van der Waals surface area contributed by atoms with Crippen molar-refractivity contribution in [1.29, 1.82) is 0 Å². The molecule has 0 bridgehead atoms. The number of imidazole rings is 1. The van der Waals surface area contributed by atoms with Crippen LogP contribution in [0.4, 0.5) is 15.9 Å². The van der Waals surface area contributed by atoms with Gasteiger partial charge < -0.3 is 19.5 Å². The molecule has 0 saturated carbocycles. The second-order valence-electron chi connectivity index (χ2n) is 7.18. The molecule has 1 aliphatic rings. The van der Waals surface area contributed by atoms with Gasteiger partial charge in [-0.1, -0.05) is 17.5 Å². The molecule has 1 saturated heterocycles. The Morgan fingerprint density at radius 1 is 1.21 bits per heavy atom. The zero-order chi connectivity index (χ0) is 24.6. The summed E-state index contributed by atoms with van der Waals surface area (Å²) in [5.74, 6) is 0.577. The van der Waals surface area contributed by atoms with Crippen molar-refractivity contribution < 1.29 is 28.2 Å². The highest BCUT2D eigenvalue weighted by Gasteiger charge is 2.50. The van der Waals surface area contributed by atoms with Crippen LogP contribution >= 0.6 is 23.2 Å². The van der Waals surface area contributed by atoms with E-state index in [0.29, 0.717) is 0 Å². The summed E-state index contributed by atoms with van der Waals surface area (Å²) in [6.07, 6.45) is 2.61. The van der Waals surface area contributed by atoms with E-state index in [1.54, 1.807) is 0 Å². The predicted octanol–water partition coefficient (Wildman–Crippen LogP) is 3.41. The number of hydrogen-bond acceptors (Lipinski definition) is 9. The van der Waals surface area contributed by atoms with Crippen molar-refractivity contribution in [3.63, 3.8) is 0 Å². The molecular weight excluding hydrogens is 492 g/mol. The van der Waals surface area contributed by atoms with Crippen LogP contribution in [0.2, 0.25) is 10.3 Å². The number of carbonyl (C=O) groups is 2. The second-order valence-corrected chi connectivity index (χ2v) is 7.95. The van der Waals surface area contributed by atoms with Gasteiger partial charge in [-0.2, -0.15) is 9.97 Å². The molecule has 2 aromatic heterocycles. The molecule has 34 heavy (non-hydrogen) atoms. The predicted molar refractivity (Wildman–Crippen MR) is 119 cm³/mol. The molecule has 0 radical (unpaired) electrons. The first-order valence-corrected chi connectivity index (χ1v) is 10.5. The van der Waals surface area contributed by atoms with Gasteiger partial charge in [-0.05, 0) is 29.8 Å². The maximum Gasteiger partial charge on any atom is 0.303 e. The molecule has 4 rings (SSSR count). The summed E-state index contributed by atoms with van der Waals surface area (Å²) in [5, 5.41) is 2.85. The van der Waals surface area contributed by atoms with Crippen LogP contribution in [0.5, 0.6) is 0 Å². The first kappa shape index (κ1) is 23.7. The molecule has 1 fully saturated rings. The molecule has 1 N–H and O–H groups in total. The lowest BCUT2D eigenvalue weighted by Crippen LogP contribution is -2.38. The molecular formula is C21H16Cl2FN5O5. The van der Waals surface area contributed by atoms with Gasteiger partial charge >= 0.3 is 11.9 Å². The molecule has 0 amide bonds. The number of anilines is 2. The Labute approximate surface area is 202 Å². The molecule has 176 valence electrons. The fraction of sp³-hybridized carbons (Fsp3) is 0.286. The smallest absolute Gasteiger partial charge is 0.303 e. The van der Waals surface area contributed by atoms with E-state index in [-0.39, 0.29) is 33.0 Å². The van der Waals surface area contributed by atoms with Crippen LogP contribution in [-0.2, 0) is 23.8 Å². The summed E-state index contributed by atoms with van der Waals surface area (Å²) in [6, 6.07) is 4.05. The Balaban J connectivity index is 1.77. The largest absolute Gasteiger partial charge is 0.455 e. The Morgan fingerprint density at radius 2 is 1.91 bits per heavy atom. The van der Waals surface area contributed by atoms with Crippen molar-refractivity contribution in [2.24, 2.45) is 0 Å². The topological polar surface area (TPSA) is 117 Å². The van der Waals surface area contributed by atoms with E-state index in [1.807, 2.05) is 0 Å². The van der Waals surface area contributed by atoms with Gasteiger partial charge in [0.2, 0.25) is 5.28 Å². The van der Waals surface area contributed by atoms with Crippen LogP contribution in [0.15, 0.2) is 24.5 Å². The highest BCUT2D eigenvalue weighted by Crippen LogP contribution is 2.36. The summed E-state index contributed by atoms with van der Waals surface area (Å²) in [7, 11) is 0. The minimum absolute atomic E-state index is 0.0761. The molecule has 13 heteroatoms. The van der Waals surface area contributed by atoms with Crippen LogP contribution in [0.25, 0.3) is 11.2 Å². The Morgan fingerprint density at radius 3 is 2.56 bits per heavy atom. The Bertz CT molecular complexity index is 1330. The van der Waals surface area contributed by atoms with Gasteiger partial charge in [-0.15, -0.1) is 6.42 Å². The van der Waals surface area contributed by atoms with Crippen LogP contribution in [0.1, 0.15) is 20.1 Å². The van der Waals surface area contributed by atoms with Gasteiger partial charge in [0.15, 0.2) is 41.5 Å². The summed E-state index contributed by atoms with van der Waals surface area (Å²) in [5.41, 5.74) is 0.447. The fourth-order valence-electron chi connectivity index (χ4n) is 3.52. The van der Waals surface area contributed by atoms with E-state index in [1.165, 1.54) is 36.9 Å². The molecule has 0 spiro atoms. The fourth-order valence-corrected chi connectivity index (χ4v) is 3.84. The first-order chi connectivity index (χ1) is 16.2. The van der Waals surface area contributed by atoms with Crippen molar-refractivity contribution in [3.8, 4) is 12.3 Å². The van der Waals surface area contributed by atoms with Gasteiger partial charge in [0.1, 0.15) is 5.82 Å². The molecule has 1 aromatic carbocycles. The normalized spacial score (nSPS) is 21.8. The minimum Gasteiger partial charge on any atom is -0.455 e. The molecule has 10 nitrogen and oxygen atoms in total. The number of benzene rings is 1. The first-order valence-electron chi connectivity index (χ1n) is 9.76. The van der Waals surface area contributed by atoms with E-state index < -0.39 is 42.3 Å². The van der Waals surface area contributed by atoms with Crippen LogP contribution in [-0.4, -0.2) is 49.8 Å². The third-order valence-electron chi connectivity index (χ3n) is 4.81. The van der Waals surface area contributed by atoms with Crippen molar-refractivity contribution in [3.05, 3.63) is 40.6 Å². The van der Waals surface area contributed by atoms with Gasteiger partial charge in [0.25, 0.3) is 0 Å². The van der Waals surface area contributed by atoms with Gasteiger partial charge in [0.05, 0.1) is 12.0 Å². The average molecular weight is 508 g/mol. The maximum atomic E-state index is 14.3. The Kier molecular flexibility index (Phi) is 6.56. The maximum absolute atomic E-state index is 14.3. The third kappa shape index (κ3) is 4.61. The number of carbonyl (C=O) groups excluding carboxylic acids is 2. The van der Waals surface area contributed by atoms with Crippen molar-refractivity contribution >= 4 is 57.8 Å². The zero-order valence-electron chi connectivity index (χ0n) is 17.7. The number of hydrogen-bond donors (Lipinski definition) is 1. The molecule has 1 aliphatic heterocycles. The summed E-state index contributed by atoms with van der Waals surface area (Å²) < 4.78 is 32.2. The van der Waals surface area contributed by atoms with Gasteiger partial charge in [-0.3, -0.25) is 14.2 Å². The number of terminal acetylenes is 1. The van der Waals surface area contributed by atoms with E-state index in [0.717, 1.165) is 6.07 Å². The van der Waals surface area contributed by atoms with Crippen LogP contribution in [0.3, 0.4) is 0 Å². The van der Waals surface area contributed by atoms with E-state index in [2.05, 4.69) is 26.2 Å². The van der Waals surface area contributed by atoms with Gasteiger partial charge in [0, 0.05) is 18.9 Å². The van der Waals surface area contributed by atoms with E-state index >= 15 is 0 Å². The highest BCUT2D eigenvalue weighted by molar-refractivity contribution is 6.30. The number of fused-ring (bicyclic) bond motifs is 1. The standard InChI is InChI=1S/C21H16Cl2FN5O5/c1-4-14-16(32-9(2)30)17(33-10(3)31)20(34-14)29-8-25-15-18(27-21(23)28-19(15)29)26-13-6-5-11(22)7-12(13)24/h1,5-8,14,16-17,20H,2-3H3,(H,26,27,28). The molecule has 4 atom stereocenters. The number of nitrogens with one attached hydrogen (secondary N) is 1. The molecule has 3 aromatic rings. The monoisotopic (exact) mass is 507 g/mol. The van der Waals surface area contributed by atoms with E-state index in [9.17, 15) is 14.0 Å². The van der Waals surface area contributed by atoms with Crippen molar-refractivity contribution in [2.45, 2.75) is 38.4 Å². The second kappa shape index (κ2) is 9.42. The average Bonchev–Trinajstić information content (AvgIpc) is 3.31. The van der Waals surface area contributed by atoms with Crippen LogP contribution in [0, 0.1) is 18.2 Å². The number of aromatic nitrogens is 4. The lowest BCUT2D eigenvalue weighted by molar-refractivity contribution is -0.165. The lowest BCUT2D eigenvalue weighted by Gasteiger charge is -2.23. The van der Waals surface area contributed by atoms with Gasteiger partial charge in [-0.25, -0.2) is 9.37 Å². The Hall–Kier alpha value is -3.46. The molecule has 4 unspecified atom stereocenters. The molecule has 3 heterocycles. The lowest BCUT2D eigenvalue weighted by atomic mass is 10.1. The van der Waals surface area contributed by atoms with E-state index in [4.69, 9.17) is 43.8 Å². The zero-order valence-corrected chi connectivity index (χ0v) is 19.2. The van der Waals surface area contributed by atoms with Crippen molar-refractivity contribution in [1.82, 2.24) is 19.5 Å². The quantitative estimate of drug-likeness (QED) is 0.314. The number of rotatable bonds is 5. The number of nitrogens with zero attached hydrogens (tertiary/aromatic N) is 4. The highest BCUT2D eigenvalue weighted by atomic mass is 35.5.